The zero-order valence-electron chi connectivity index (χ0n) is 9.78. The lowest BCUT2D eigenvalue weighted by Crippen LogP contribution is -2.01. The van der Waals surface area contributed by atoms with Crippen molar-refractivity contribution in [3.8, 4) is 0 Å². The molecule has 7 heteroatoms. The number of carbonyl (C=O) groups excluding carboxylic acids is 1. The van der Waals surface area contributed by atoms with Gasteiger partial charge in [0.1, 0.15) is 16.5 Å². The van der Waals surface area contributed by atoms with E-state index in [-0.39, 0.29) is 4.90 Å². The van der Waals surface area contributed by atoms with Gasteiger partial charge in [0.05, 0.1) is 17.7 Å². The van der Waals surface area contributed by atoms with Crippen molar-refractivity contribution in [3.63, 3.8) is 0 Å². The number of rotatable bonds is 4. The molecule has 2 rings (SSSR count). The molecule has 0 radical (unpaired) electrons. The first kappa shape index (κ1) is 13.8. The van der Waals surface area contributed by atoms with Gasteiger partial charge in [0.2, 0.25) is 0 Å². The molecule has 1 heterocycles. The smallest absolute Gasteiger partial charge is 0.350 e. The maximum atomic E-state index is 13.4. The van der Waals surface area contributed by atoms with E-state index >= 15 is 0 Å². The number of ether oxygens (including phenoxy) is 1. The molecule has 0 unspecified atom stereocenters. The van der Waals surface area contributed by atoms with Gasteiger partial charge in [-0.1, -0.05) is 0 Å². The number of methoxy groups -OCH3 is 1. The summed E-state index contributed by atoms with van der Waals surface area (Å²) < 4.78 is 33.6. The largest absolute Gasteiger partial charge is 0.465 e. The average molecular weight is 301 g/mol. The third kappa shape index (κ3) is 3.24. The number of halogens is 2. The fourth-order valence-corrected chi connectivity index (χ4v) is 2.82. The normalized spacial score (nSPS) is 10.3. The van der Waals surface area contributed by atoms with E-state index < -0.39 is 17.6 Å². The lowest BCUT2D eigenvalue weighted by atomic mass is 10.3. The van der Waals surface area contributed by atoms with Crippen LogP contribution in [0.1, 0.15) is 9.67 Å². The quantitative estimate of drug-likeness (QED) is 0.686. The SMILES string of the molecule is COC(=O)c1sccc1NSc1ccc(F)cc1F. The Balaban J connectivity index is 2.10. The van der Waals surface area contributed by atoms with Gasteiger partial charge in [0, 0.05) is 6.07 Å². The third-order valence-corrected chi connectivity index (χ3v) is 3.97. The zero-order valence-corrected chi connectivity index (χ0v) is 11.4. The van der Waals surface area contributed by atoms with Crippen molar-refractivity contribution >= 4 is 34.9 Å². The number of hydrogen-bond donors (Lipinski definition) is 1. The van der Waals surface area contributed by atoms with Gasteiger partial charge < -0.3 is 9.46 Å². The standard InChI is InChI=1S/C12H9F2NO2S2/c1-17-12(16)11-9(4-5-18-11)15-19-10-3-2-7(13)6-8(10)14/h2-6,15H,1H3. The Hall–Kier alpha value is -1.60. The molecule has 0 aliphatic rings. The van der Waals surface area contributed by atoms with E-state index in [4.69, 9.17) is 0 Å². The molecule has 1 aromatic carbocycles. The predicted octanol–water partition coefficient (Wildman–Crippen LogP) is 3.93. The highest BCUT2D eigenvalue weighted by atomic mass is 32.2. The van der Waals surface area contributed by atoms with Crippen LogP contribution in [0, 0.1) is 11.6 Å². The number of thiophene rings is 1. The van der Waals surface area contributed by atoms with Crippen LogP contribution < -0.4 is 4.72 Å². The van der Waals surface area contributed by atoms with Crippen molar-refractivity contribution in [1.29, 1.82) is 0 Å². The van der Waals surface area contributed by atoms with Gasteiger partial charge in [-0.05, 0) is 35.5 Å². The summed E-state index contributed by atoms with van der Waals surface area (Å²) in [5.74, 6) is -1.75. The Morgan fingerprint density at radius 3 is 2.84 bits per heavy atom. The van der Waals surface area contributed by atoms with Gasteiger partial charge in [-0.15, -0.1) is 11.3 Å². The van der Waals surface area contributed by atoms with Crippen LogP contribution in [0.25, 0.3) is 0 Å². The number of benzene rings is 1. The molecule has 3 nitrogen and oxygen atoms in total. The molecule has 19 heavy (non-hydrogen) atoms. The summed E-state index contributed by atoms with van der Waals surface area (Å²) in [6, 6.07) is 4.98. The summed E-state index contributed by atoms with van der Waals surface area (Å²) in [5, 5.41) is 1.72. The minimum absolute atomic E-state index is 0.239. The van der Waals surface area contributed by atoms with Crippen molar-refractivity contribution in [2.24, 2.45) is 0 Å². The number of carbonyl (C=O) groups is 1. The van der Waals surface area contributed by atoms with Gasteiger partial charge in [-0.25, -0.2) is 13.6 Å². The molecule has 0 bridgehead atoms. The third-order valence-electron chi connectivity index (χ3n) is 2.20. The molecule has 0 amide bonds. The van der Waals surface area contributed by atoms with E-state index in [1.807, 2.05) is 0 Å². The minimum Gasteiger partial charge on any atom is -0.465 e. The van der Waals surface area contributed by atoms with Gasteiger partial charge in [-0.2, -0.15) is 0 Å². The molecule has 0 aliphatic carbocycles. The molecule has 0 fully saturated rings. The van der Waals surface area contributed by atoms with Crippen molar-refractivity contribution in [2.45, 2.75) is 4.90 Å². The molecule has 0 saturated heterocycles. The predicted molar refractivity (Wildman–Crippen MR) is 71.5 cm³/mol. The van der Waals surface area contributed by atoms with Crippen molar-refractivity contribution in [2.75, 3.05) is 11.8 Å². The topological polar surface area (TPSA) is 38.3 Å². The molecular formula is C12H9F2NO2S2. The summed E-state index contributed by atoms with van der Waals surface area (Å²) >= 11 is 2.18. The lowest BCUT2D eigenvalue weighted by Gasteiger charge is -2.06. The first-order valence-electron chi connectivity index (χ1n) is 5.15. The maximum Gasteiger partial charge on any atom is 0.350 e. The summed E-state index contributed by atoms with van der Waals surface area (Å²) in [6.45, 7) is 0. The average Bonchev–Trinajstić information content (AvgIpc) is 2.85. The molecule has 1 N–H and O–H groups in total. The van der Waals surface area contributed by atoms with Crippen LogP contribution >= 0.6 is 23.3 Å². The molecule has 0 atom stereocenters. The van der Waals surface area contributed by atoms with Crippen LogP contribution in [0.5, 0.6) is 0 Å². The van der Waals surface area contributed by atoms with Gasteiger partial charge in [0.25, 0.3) is 0 Å². The van der Waals surface area contributed by atoms with Gasteiger partial charge in [-0.3, -0.25) is 0 Å². The number of nitrogens with one attached hydrogen (secondary N) is 1. The lowest BCUT2D eigenvalue weighted by molar-refractivity contribution is 0.0607. The van der Waals surface area contributed by atoms with Crippen molar-refractivity contribution in [1.82, 2.24) is 0 Å². The summed E-state index contributed by atoms with van der Waals surface area (Å²) in [5.41, 5.74) is 0.533. The molecule has 2 aromatic rings. The second kappa shape index (κ2) is 6.03. The Kier molecular flexibility index (Phi) is 4.39. The fourth-order valence-electron chi connectivity index (χ4n) is 1.31. The zero-order chi connectivity index (χ0) is 13.8. The molecule has 100 valence electrons. The Bertz CT molecular complexity index is 601. The monoisotopic (exact) mass is 301 g/mol. The maximum absolute atomic E-state index is 13.4. The van der Waals surface area contributed by atoms with Crippen LogP contribution in [-0.2, 0) is 4.74 Å². The molecular weight excluding hydrogens is 292 g/mol. The van der Waals surface area contributed by atoms with E-state index in [1.165, 1.54) is 30.6 Å². The highest BCUT2D eigenvalue weighted by molar-refractivity contribution is 8.00. The summed E-state index contributed by atoms with van der Waals surface area (Å²) in [6.07, 6.45) is 0. The Morgan fingerprint density at radius 1 is 1.37 bits per heavy atom. The van der Waals surface area contributed by atoms with Crippen LogP contribution in [-0.4, -0.2) is 13.1 Å². The van der Waals surface area contributed by atoms with Crippen LogP contribution in [0.3, 0.4) is 0 Å². The van der Waals surface area contributed by atoms with E-state index in [2.05, 4.69) is 9.46 Å². The van der Waals surface area contributed by atoms with Crippen LogP contribution in [0.15, 0.2) is 34.5 Å². The highest BCUT2D eigenvalue weighted by Gasteiger charge is 2.14. The van der Waals surface area contributed by atoms with E-state index in [0.29, 0.717) is 10.6 Å². The van der Waals surface area contributed by atoms with E-state index in [1.54, 1.807) is 11.4 Å². The molecule has 0 aliphatic heterocycles. The number of esters is 1. The first-order chi connectivity index (χ1) is 9.11. The summed E-state index contributed by atoms with van der Waals surface area (Å²) in [7, 11) is 1.29. The minimum atomic E-state index is -0.660. The fraction of sp³-hybridized carbons (Fsp3) is 0.0833. The second-order valence-corrected chi connectivity index (χ2v) is 5.20. The van der Waals surface area contributed by atoms with E-state index in [0.717, 1.165) is 18.0 Å². The Labute approximate surface area is 116 Å². The molecule has 0 saturated carbocycles. The number of hydrogen-bond acceptors (Lipinski definition) is 5. The number of anilines is 1. The van der Waals surface area contributed by atoms with Crippen LogP contribution in [0.4, 0.5) is 14.5 Å². The highest BCUT2D eigenvalue weighted by Crippen LogP contribution is 2.29. The Morgan fingerprint density at radius 2 is 2.16 bits per heavy atom. The molecule has 1 aromatic heterocycles. The molecule has 0 spiro atoms. The van der Waals surface area contributed by atoms with E-state index in [9.17, 15) is 13.6 Å². The van der Waals surface area contributed by atoms with Crippen LogP contribution in [0.2, 0.25) is 0 Å². The van der Waals surface area contributed by atoms with Gasteiger partial charge >= 0.3 is 5.97 Å². The second-order valence-electron chi connectivity index (χ2n) is 3.43. The van der Waals surface area contributed by atoms with Crippen molar-refractivity contribution < 1.29 is 18.3 Å². The summed E-state index contributed by atoms with van der Waals surface area (Å²) in [4.78, 5) is 12.1. The van der Waals surface area contributed by atoms with Gasteiger partial charge in [0.15, 0.2) is 0 Å². The van der Waals surface area contributed by atoms with Crippen molar-refractivity contribution in [3.05, 3.63) is 46.2 Å². The first-order valence-corrected chi connectivity index (χ1v) is 6.85.